The number of benzene rings is 1. The summed E-state index contributed by atoms with van der Waals surface area (Å²) in [5.41, 5.74) is 1.38. The Hall–Kier alpha value is -3.28. The summed E-state index contributed by atoms with van der Waals surface area (Å²) in [5, 5.41) is 0. The van der Waals surface area contributed by atoms with Crippen LogP contribution in [0.3, 0.4) is 0 Å². The maximum Gasteiger partial charge on any atom is 0.341 e. The number of rotatable bonds is 7. The largest absolute Gasteiger partial charge is 0.465 e. The monoisotopic (exact) mass is 381 g/mol. The molecule has 0 atom stereocenters. The van der Waals surface area contributed by atoms with Crippen molar-refractivity contribution in [2.24, 2.45) is 0 Å². The van der Waals surface area contributed by atoms with E-state index in [1.54, 1.807) is 24.9 Å². The Labute approximate surface area is 163 Å². The van der Waals surface area contributed by atoms with E-state index in [4.69, 9.17) is 13.6 Å². The smallest absolute Gasteiger partial charge is 0.341 e. The lowest BCUT2D eigenvalue weighted by Crippen LogP contribution is -2.26. The van der Waals surface area contributed by atoms with Gasteiger partial charge in [0.2, 0.25) is 5.91 Å². The molecule has 6 heteroatoms. The van der Waals surface area contributed by atoms with Gasteiger partial charge >= 0.3 is 5.97 Å². The fraction of sp³-hybridized carbons (Fsp3) is 0.273. The molecule has 0 aliphatic rings. The van der Waals surface area contributed by atoms with E-state index in [1.165, 1.54) is 7.11 Å². The van der Waals surface area contributed by atoms with E-state index in [-0.39, 0.29) is 12.5 Å². The molecule has 0 unspecified atom stereocenters. The minimum atomic E-state index is -0.450. The first-order chi connectivity index (χ1) is 13.5. The van der Waals surface area contributed by atoms with Crippen LogP contribution < -0.4 is 0 Å². The van der Waals surface area contributed by atoms with E-state index in [9.17, 15) is 9.59 Å². The SMILES string of the molecule is COC(=O)c1cc(CN(C)C(=O)CCc2ccc(-c3ccccc3)o2)oc1C. The molecule has 1 aromatic carbocycles. The van der Waals surface area contributed by atoms with E-state index in [0.717, 1.165) is 17.1 Å². The molecular formula is C22H23NO5. The van der Waals surface area contributed by atoms with Crippen LogP contribution in [0.2, 0.25) is 0 Å². The van der Waals surface area contributed by atoms with Crippen molar-refractivity contribution in [1.29, 1.82) is 0 Å². The summed E-state index contributed by atoms with van der Waals surface area (Å²) in [5.74, 6) is 2.09. The van der Waals surface area contributed by atoms with Gasteiger partial charge in [-0.1, -0.05) is 30.3 Å². The maximum absolute atomic E-state index is 12.4. The van der Waals surface area contributed by atoms with E-state index in [1.807, 2.05) is 42.5 Å². The van der Waals surface area contributed by atoms with Gasteiger partial charge in [0.05, 0.1) is 13.7 Å². The van der Waals surface area contributed by atoms with E-state index in [2.05, 4.69) is 0 Å². The average Bonchev–Trinajstić information content (AvgIpc) is 3.32. The number of carbonyl (C=O) groups excluding carboxylic acids is 2. The van der Waals surface area contributed by atoms with Crippen LogP contribution >= 0.6 is 0 Å². The predicted molar refractivity (Wildman–Crippen MR) is 104 cm³/mol. The Bertz CT molecular complexity index is 954. The number of methoxy groups -OCH3 is 1. The van der Waals surface area contributed by atoms with Gasteiger partial charge in [-0.15, -0.1) is 0 Å². The minimum Gasteiger partial charge on any atom is -0.465 e. The molecule has 28 heavy (non-hydrogen) atoms. The Morgan fingerprint density at radius 1 is 1.04 bits per heavy atom. The second-order valence-corrected chi connectivity index (χ2v) is 6.56. The summed E-state index contributed by atoms with van der Waals surface area (Å²) in [4.78, 5) is 25.7. The van der Waals surface area contributed by atoms with Crippen molar-refractivity contribution in [3.05, 3.63) is 71.4 Å². The summed E-state index contributed by atoms with van der Waals surface area (Å²) in [6.45, 7) is 1.98. The molecule has 3 aromatic rings. The van der Waals surface area contributed by atoms with Gasteiger partial charge in [0.25, 0.3) is 0 Å². The summed E-state index contributed by atoms with van der Waals surface area (Å²) < 4.78 is 16.1. The van der Waals surface area contributed by atoms with Gasteiger partial charge < -0.3 is 18.5 Å². The van der Waals surface area contributed by atoms with Crippen LogP contribution in [0.25, 0.3) is 11.3 Å². The zero-order valence-electron chi connectivity index (χ0n) is 16.2. The molecule has 0 aliphatic heterocycles. The first-order valence-electron chi connectivity index (χ1n) is 9.03. The molecule has 0 bridgehead atoms. The van der Waals surface area contributed by atoms with Gasteiger partial charge in [-0.2, -0.15) is 0 Å². The molecule has 0 saturated carbocycles. The van der Waals surface area contributed by atoms with Crippen molar-refractivity contribution in [3.8, 4) is 11.3 Å². The lowest BCUT2D eigenvalue weighted by atomic mass is 10.2. The molecule has 6 nitrogen and oxygen atoms in total. The Morgan fingerprint density at radius 3 is 2.50 bits per heavy atom. The first kappa shape index (κ1) is 19.5. The number of esters is 1. The fourth-order valence-electron chi connectivity index (χ4n) is 2.95. The van der Waals surface area contributed by atoms with Gasteiger partial charge in [0.1, 0.15) is 28.6 Å². The van der Waals surface area contributed by atoms with Crippen molar-refractivity contribution in [3.63, 3.8) is 0 Å². The van der Waals surface area contributed by atoms with Crippen LogP contribution in [0.4, 0.5) is 0 Å². The molecule has 0 spiro atoms. The van der Waals surface area contributed by atoms with Crippen molar-refractivity contribution in [2.45, 2.75) is 26.3 Å². The van der Waals surface area contributed by atoms with E-state index < -0.39 is 5.97 Å². The number of ether oxygens (including phenoxy) is 1. The van der Waals surface area contributed by atoms with Crippen molar-refractivity contribution in [2.75, 3.05) is 14.2 Å². The van der Waals surface area contributed by atoms with Crippen LogP contribution in [0.5, 0.6) is 0 Å². The predicted octanol–water partition coefficient (Wildman–Crippen LogP) is 4.23. The molecule has 2 aromatic heterocycles. The number of hydrogen-bond acceptors (Lipinski definition) is 5. The summed E-state index contributed by atoms with van der Waals surface area (Å²) in [6.07, 6.45) is 0.836. The number of amides is 1. The van der Waals surface area contributed by atoms with Gasteiger partial charge in [-0.05, 0) is 25.1 Å². The third-order valence-corrected chi connectivity index (χ3v) is 4.50. The summed E-state index contributed by atoms with van der Waals surface area (Å²) in [6, 6.07) is 15.3. The number of hydrogen-bond donors (Lipinski definition) is 0. The van der Waals surface area contributed by atoms with Crippen molar-refractivity contribution < 1.29 is 23.2 Å². The van der Waals surface area contributed by atoms with Crippen molar-refractivity contribution >= 4 is 11.9 Å². The summed E-state index contributed by atoms with van der Waals surface area (Å²) >= 11 is 0. The maximum atomic E-state index is 12.4. The van der Waals surface area contributed by atoms with E-state index >= 15 is 0 Å². The highest BCUT2D eigenvalue weighted by Gasteiger charge is 2.18. The zero-order chi connectivity index (χ0) is 20.1. The van der Waals surface area contributed by atoms with Gasteiger partial charge in [-0.3, -0.25) is 4.79 Å². The minimum absolute atomic E-state index is 0.0358. The third kappa shape index (κ3) is 4.52. The van der Waals surface area contributed by atoms with E-state index in [0.29, 0.717) is 29.9 Å². The Kier molecular flexibility index (Phi) is 5.99. The average molecular weight is 381 g/mol. The van der Waals surface area contributed by atoms with Gasteiger partial charge in [-0.25, -0.2) is 4.79 Å². The zero-order valence-corrected chi connectivity index (χ0v) is 16.2. The van der Waals surface area contributed by atoms with Crippen LogP contribution in [-0.2, 0) is 22.5 Å². The summed E-state index contributed by atoms with van der Waals surface area (Å²) in [7, 11) is 3.03. The molecule has 0 fully saturated rings. The number of furan rings is 2. The molecule has 3 rings (SSSR count). The molecule has 0 aliphatic carbocycles. The van der Waals surface area contributed by atoms with Crippen LogP contribution in [0.15, 0.2) is 57.4 Å². The lowest BCUT2D eigenvalue weighted by Gasteiger charge is -2.15. The van der Waals surface area contributed by atoms with Crippen LogP contribution in [-0.4, -0.2) is 30.9 Å². The molecule has 146 valence electrons. The quantitative estimate of drug-likeness (QED) is 0.573. The van der Waals surface area contributed by atoms with Gasteiger partial charge in [0, 0.05) is 25.5 Å². The molecule has 0 N–H and O–H groups in total. The number of carbonyl (C=O) groups is 2. The highest BCUT2D eigenvalue weighted by molar-refractivity contribution is 5.90. The second kappa shape index (κ2) is 8.61. The number of aryl methyl sites for hydroxylation is 2. The molecule has 0 saturated heterocycles. The highest BCUT2D eigenvalue weighted by atomic mass is 16.5. The van der Waals surface area contributed by atoms with Crippen molar-refractivity contribution in [1.82, 2.24) is 4.90 Å². The van der Waals surface area contributed by atoms with Crippen LogP contribution in [0, 0.1) is 6.92 Å². The first-order valence-corrected chi connectivity index (χ1v) is 9.03. The topological polar surface area (TPSA) is 72.9 Å². The third-order valence-electron chi connectivity index (χ3n) is 4.50. The Balaban J connectivity index is 1.55. The molecule has 2 heterocycles. The highest BCUT2D eigenvalue weighted by Crippen LogP contribution is 2.23. The molecular weight excluding hydrogens is 358 g/mol. The standard InChI is InChI=1S/C22H23NO5/c1-15-19(22(25)26-3)13-18(27-15)14-23(2)21(24)12-10-17-9-11-20(28-17)16-7-5-4-6-8-16/h4-9,11,13H,10,12,14H2,1-3H3. The molecule has 0 radical (unpaired) electrons. The second-order valence-electron chi connectivity index (χ2n) is 6.56. The van der Waals surface area contributed by atoms with Crippen LogP contribution in [0.1, 0.15) is 34.1 Å². The normalized spacial score (nSPS) is 10.7. The Morgan fingerprint density at radius 2 is 1.79 bits per heavy atom. The lowest BCUT2D eigenvalue weighted by molar-refractivity contribution is -0.130. The molecule has 1 amide bonds. The number of nitrogens with zero attached hydrogens (tertiary/aromatic N) is 1. The fourth-order valence-corrected chi connectivity index (χ4v) is 2.95. The van der Waals surface area contributed by atoms with Gasteiger partial charge in [0.15, 0.2) is 0 Å².